The van der Waals surface area contributed by atoms with Crippen molar-refractivity contribution in [2.75, 3.05) is 0 Å². The minimum atomic E-state index is -0.532. The fraction of sp³-hybridized carbons (Fsp3) is 0.250. The van der Waals surface area contributed by atoms with E-state index in [4.69, 9.17) is 16.2 Å². The summed E-state index contributed by atoms with van der Waals surface area (Å²) in [6.45, 7) is 1.98. The summed E-state index contributed by atoms with van der Waals surface area (Å²) in [5.74, 6) is -0.111. The molecule has 0 radical (unpaired) electrons. The number of carbonyl (C=O) groups excluding carboxylic acids is 1. The molecule has 5 heteroatoms. The average Bonchev–Trinajstić information content (AvgIpc) is 2.53. The van der Waals surface area contributed by atoms with Crippen molar-refractivity contribution in [3.8, 4) is 5.75 Å². The van der Waals surface area contributed by atoms with Gasteiger partial charge >= 0.3 is 0 Å². The Hall–Kier alpha value is -2.40. The van der Waals surface area contributed by atoms with Crippen LogP contribution in [0, 0.1) is 0 Å². The van der Waals surface area contributed by atoms with Gasteiger partial charge in [-0.3, -0.25) is 9.78 Å². The fourth-order valence-corrected chi connectivity index (χ4v) is 2.04. The number of hydrogen-bond acceptors (Lipinski definition) is 4. The van der Waals surface area contributed by atoms with Crippen molar-refractivity contribution in [2.24, 2.45) is 11.5 Å². The lowest BCUT2D eigenvalue weighted by Gasteiger charge is -2.24. The van der Waals surface area contributed by atoms with Crippen molar-refractivity contribution in [1.29, 1.82) is 0 Å². The highest BCUT2D eigenvalue weighted by Crippen LogP contribution is 2.26. The van der Waals surface area contributed by atoms with Crippen LogP contribution in [0.3, 0.4) is 0 Å². The van der Waals surface area contributed by atoms with Crippen molar-refractivity contribution < 1.29 is 9.53 Å². The van der Waals surface area contributed by atoms with E-state index in [0.717, 1.165) is 12.1 Å². The maximum atomic E-state index is 11.5. The number of primary amides is 1. The first-order valence-electron chi connectivity index (χ1n) is 6.85. The molecule has 0 aliphatic heterocycles. The molecule has 5 nitrogen and oxygen atoms in total. The van der Waals surface area contributed by atoms with Crippen molar-refractivity contribution in [3.63, 3.8) is 0 Å². The van der Waals surface area contributed by atoms with Gasteiger partial charge in [-0.25, -0.2) is 0 Å². The zero-order valence-electron chi connectivity index (χ0n) is 11.9. The second-order valence-electron chi connectivity index (χ2n) is 4.73. The van der Waals surface area contributed by atoms with E-state index in [0.29, 0.717) is 11.3 Å². The van der Waals surface area contributed by atoms with Gasteiger partial charge in [0.1, 0.15) is 5.75 Å². The second kappa shape index (κ2) is 6.85. The van der Waals surface area contributed by atoms with Crippen molar-refractivity contribution in [2.45, 2.75) is 25.5 Å². The molecular formula is C16H19N3O2. The number of carbonyl (C=O) groups is 1. The molecule has 0 saturated heterocycles. The van der Waals surface area contributed by atoms with E-state index in [9.17, 15) is 4.79 Å². The first-order chi connectivity index (χ1) is 10.1. The number of pyridine rings is 1. The lowest BCUT2D eigenvalue weighted by molar-refractivity contribution is 0.0989. The van der Waals surface area contributed by atoms with E-state index in [1.165, 1.54) is 0 Å². The van der Waals surface area contributed by atoms with Crippen molar-refractivity contribution in [3.05, 3.63) is 59.9 Å². The molecule has 21 heavy (non-hydrogen) atoms. The summed E-state index contributed by atoms with van der Waals surface area (Å²) in [6, 6.07) is 12.2. The highest BCUT2D eigenvalue weighted by atomic mass is 16.5. The highest BCUT2D eigenvalue weighted by Gasteiger charge is 2.23. The topological polar surface area (TPSA) is 91.2 Å². The number of aromatic nitrogens is 1. The number of nitrogens with two attached hydrogens (primary N) is 2. The quantitative estimate of drug-likeness (QED) is 0.849. The second-order valence-corrected chi connectivity index (χ2v) is 4.73. The molecule has 2 unspecified atom stereocenters. The Labute approximate surface area is 123 Å². The minimum Gasteiger partial charge on any atom is -0.482 e. The molecule has 1 aromatic carbocycles. The zero-order valence-corrected chi connectivity index (χ0v) is 11.9. The predicted octanol–water partition coefficient (Wildman–Crippen LogP) is 2.04. The number of benzene rings is 1. The Morgan fingerprint density at radius 1 is 1.24 bits per heavy atom. The standard InChI is InChI=1S/C16H19N3O2/c1-2-12(17)15(13-8-5-6-10-19-13)21-14-9-4-3-7-11(14)16(18)20/h3-10,12,15H,2,17H2,1H3,(H2,18,20). The zero-order chi connectivity index (χ0) is 15.2. The summed E-state index contributed by atoms with van der Waals surface area (Å²) >= 11 is 0. The molecule has 2 rings (SSSR count). The summed E-state index contributed by atoms with van der Waals surface area (Å²) in [4.78, 5) is 15.8. The molecule has 0 fully saturated rings. The van der Waals surface area contributed by atoms with Gasteiger partial charge in [-0.15, -0.1) is 0 Å². The smallest absolute Gasteiger partial charge is 0.252 e. The third-order valence-electron chi connectivity index (χ3n) is 3.25. The normalized spacial score (nSPS) is 13.4. The van der Waals surface area contributed by atoms with Crippen LogP contribution in [-0.4, -0.2) is 16.9 Å². The van der Waals surface area contributed by atoms with E-state index < -0.39 is 12.0 Å². The summed E-state index contributed by atoms with van der Waals surface area (Å²) in [5, 5.41) is 0. The molecule has 1 aromatic heterocycles. The summed E-state index contributed by atoms with van der Waals surface area (Å²) < 4.78 is 5.96. The van der Waals surface area contributed by atoms with Crippen LogP contribution in [0.5, 0.6) is 5.75 Å². The van der Waals surface area contributed by atoms with E-state index in [1.807, 2.05) is 25.1 Å². The third-order valence-corrected chi connectivity index (χ3v) is 3.25. The van der Waals surface area contributed by atoms with Gasteiger partial charge in [0.25, 0.3) is 5.91 Å². The number of rotatable bonds is 6. The highest BCUT2D eigenvalue weighted by molar-refractivity contribution is 5.95. The van der Waals surface area contributed by atoms with Crippen LogP contribution in [0.1, 0.15) is 35.5 Å². The Morgan fingerprint density at radius 2 is 1.95 bits per heavy atom. The fourth-order valence-electron chi connectivity index (χ4n) is 2.04. The third kappa shape index (κ3) is 3.58. The molecule has 2 atom stereocenters. The molecule has 0 bridgehead atoms. The molecule has 0 saturated carbocycles. The molecule has 1 amide bonds. The summed E-state index contributed by atoms with van der Waals surface area (Å²) in [6.07, 6.45) is 1.98. The van der Waals surface area contributed by atoms with E-state index >= 15 is 0 Å². The molecule has 0 aliphatic rings. The van der Waals surface area contributed by atoms with Crippen molar-refractivity contribution >= 4 is 5.91 Å². The first-order valence-corrected chi connectivity index (χ1v) is 6.85. The lowest BCUT2D eigenvalue weighted by Crippen LogP contribution is -2.32. The monoisotopic (exact) mass is 285 g/mol. The van der Waals surface area contributed by atoms with E-state index in [1.54, 1.807) is 30.5 Å². The van der Waals surface area contributed by atoms with Crippen LogP contribution in [0.15, 0.2) is 48.7 Å². The maximum Gasteiger partial charge on any atom is 0.252 e. The lowest BCUT2D eigenvalue weighted by atomic mass is 10.1. The van der Waals surface area contributed by atoms with Gasteiger partial charge in [-0.2, -0.15) is 0 Å². The van der Waals surface area contributed by atoms with Gasteiger partial charge in [0.2, 0.25) is 0 Å². The van der Waals surface area contributed by atoms with Crippen LogP contribution < -0.4 is 16.2 Å². The Morgan fingerprint density at radius 3 is 2.57 bits per heavy atom. The molecule has 0 aliphatic carbocycles. The SMILES string of the molecule is CCC(N)C(Oc1ccccc1C(N)=O)c1ccccn1. The van der Waals surface area contributed by atoms with E-state index in [-0.39, 0.29) is 6.04 Å². The predicted molar refractivity (Wildman–Crippen MR) is 80.8 cm³/mol. The molecule has 0 spiro atoms. The molecule has 2 aromatic rings. The number of ether oxygens (including phenoxy) is 1. The molecule has 4 N–H and O–H groups in total. The van der Waals surface area contributed by atoms with Gasteiger partial charge in [-0.1, -0.05) is 25.1 Å². The molecule has 110 valence electrons. The molecular weight excluding hydrogens is 266 g/mol. The Kier molecular flexibility index (Phi) is 4.90. The van der Waals surface area contributed by atoms with E-state index in [2.05, 4.69) is 4.98 Å². The number of hydrogen-bond donors (Lipinski definition) is 2. The largest absolute Gasteiger partial charge is 0.482 e. The summed E-state index contributed by atoms with van der Waals surface area (Å²) in [7, 11) is 0. The van der Waals surface area contributed by atoms with Crippen LogP contribution in [0.4, 0.5) is 0 Å². The number of amides is 1. The van der Waals surface area contributed by atoms with Gasteiger partial charge in [-0.05, 0) is 30.7 Å². The Bertz CT molecular complexity index is 601. The van der Waals surface area contributed by atoms with Gasteiger partial charge in [0, 0.05) is 12.2 Å². The van der Waals surface area contributed by atoms with Crippen LogP contribution >= 0.6 is 0 Å². The molecule has 1 heterocycles. The van der Waals surface area contributed by atoms with Gasteiger partial charge in [0.15, 0.2) is 6.10 Å². The van der Waals surface area contributed by atoms with Crippen LogP contribution in [0.2, 0.25) is 0 Å². The summed E-state index contributed by atoms with van der Waals surface area (Å²) in [5.41, 5.74) is 12.6. The average molecular weight is 285 g/mol. The number of nitrogens with zero attached hydrogens (tertiary/aromatic N) is 1. The number of para-hydroxylation sites is 1. The van der Waals surface area contributed by atoms with Gasteiger partial charge < -0.3 is 16.2 Å². The van der Waals surface area contributed by atoms with Crippen molar-refractivity contribution in [1.82, 2.24) is 4.98 Å². The van der Waals surface area contributed by atoms with Crippen LogP contribution in [0.25, 0.3) is 0 Å². The van der Waals surface area contributed by atoms with Crippen LogP contribution in [-0.2, 0) is 0 Å². The van der Waals surface area contributed by atoms with Gasteiger partial charge in [0.05, 0.1) is 11.3 Å². The Balaban J connectivity index is 2.34. The minimum absolute atomic E-state index is 0.235. The first kappa shape index (κ1) is 15.0. The maximum absolute atomic E-state index is 11.5.